The molecule has 1 atom stereocenters. The molecule has 1 aliphatic rings. The van der Waals surface area contributed by atoms with E-state index in [0.717, 1.165) is 0 Å². The fourth-order valence-corrected chi connectivity index (χ4v) is 3.28. The molecule has 9 heteroatoms. The standard InChI is InChI=1S/C16H16BrN3O4S/c1-8-13(15(21)23-3)14(20-16(25)19-8)9-6-11(22-2)12(7-10(9)17)24-5-4-18/h6-7,14H,5H2,1-3H3,(H2,19,20,25)/t14-/m1/s1. The van der Waals surface area contributed by atoms with E-state index in [2.05, 4.69) is 26.6 Å². The minimum atomic E-state index is -0.533. The highest BCUT2D eigenvalue weighted by Crippen LogP contribution is 2.39. The van der Waals surface area contributed by atoms with Crippen molar-refractivity contribution in [3.05, 3.63) is 33.4 Å². The van der Waals surface area contributed by atoms with Gasteiger partial charge in [-0.05, 0) is 36.8 Å². The maximum Gasteiger partial charge on any atom is 0.337 e. The summed E-state index contributed by atoms with van der Waals surface area (Å²) in [6, 6.07) is 4.78. The van der Waals surface area contributed by atoms with Gasteiger partial charge < -0.3 is 24.8 Å². The largest absolute Gasteiger partial charge is 0.493 e. The first-order valence-electron chi connectivity index (χ1n) is 7.16. The molecule has 0 saturated carbocycles. The van der Waals surface area contributed by atoms with Gasteiger partial charge >= 0.3 is 5.97 Å². The molecule has 0 spiro atoms. The van der Waals surface area contributed by atoms with Crippen LogP contribution in [0.3, 0.4) is 0 Å². The number of carbonyl (C=O) groups is 1. The highest BCUT2D eigenvalue weighted by molar-refractivity contribution is 9.10. The summed E-state index contributed by atoms with van der Waals surface area (Å²) in [6.45, 7) is 1.65. The Kier molecular flexibility index (Phi) is 6.22. The van der Waals surface area contributed by atoms with Crippen LogP contribution in [0.5, 0.6) is 11.5 Å². The second-order valence-corrected chi connectivity index (χ2v) is 6.30. The van der Waals surface area contributed by atoms with Crippen molar-refractivity contribution in [2.45, 2.75) is 13.0 Å². The molecule has 132 valence electrons. The van der Waals surface area contributed by atoms with Crippen LogP contribution in [-0.2, 0) is 9.53 Å². The fraction of sp³-hybridized carbons (Fsp3) is 0.312. The molecule has 2 rings (SSSR count). The van der Waals surface area contributed by atoms with Crippen molar-refractivity contribution in [2.75, 3.05) is 20.8 Å². The Labute approximate surface area is 159 Å². The van der Waals surface area contributed by atoms with Gasteiger partial charge in [-0.25, -0.2) is 4.79 Å². The van der Waals surface area contributed by atoms with E-state index in [1.54, 1.807) is 19.1 Å². The number of hydrogen-bond acceptors (Lipinski definition) is 6. The van der Waals surface area contributed by atoms with Gasteiger partial charge in [0.1, 0.15) is 6.07 Å². The van der Waals surface area contributed by atoms with Gasteiger partial charge in [-0.15, -0.1) is 0 Å². The molecule has 1 heterocycles. The zero-order valence-electron chi connectivity index (χ0n) is 13.8. The van der Waals surface area contributed by atoms with Crippen LogP contribution in [0.4, 0.5) is 0 Å². The van der Waals surface area contributed by atoms with Crippen molar-refractivity contribution < 1.29 is 19.0 Å². The van der Waals surface area contributed by atoms with Crippen molar-refractivity contribution in [2.24, 2.45) is 0 Å². The molecule has 25 heavy (non-hydrogen) atoms. The number of methoxy groups -OCH3 is 2. The number of carbonyl (C=O) groups excluding carboxylic acids is 1. The monoisotopic (exact) mass is 425 g/mol. The normalized spacial score (nSPS) is 16.4. The SMILES string of the molecule is COC(=O)C1=C(C)NC(=S)N[C@@H]1c1cc(OC)c(OCC#N)cc1Br. The summed E-state index contributed by atoms with van der Waals surface area (Å²) in [5, 5.41) is 15.1. The number of nitrogens with one attached hydrogen (secondary N) is 2. The Hall–Kier alpha value is -2.31. The Morgan fingerprint density at radius 1 is 1.40 bits per heavy atom. The van der Waals surface area contributed by atoms with Gasteiger partial charge in [0.05, 0.1) is 25.8 Å². The van der Waals surface area contributed by atoms with Gasteiger partial charge in [0.15, 0.2) is 23.2 Å². The molecule has 0 aliphatic carbocycles. The van der Waals surface area contributed by atoms with Crippen LogP contribution in [0.25, 0.3) is 0 Å². The van der Waals surface area contributed by atoms with Gasteiger partial charge in [0, 0.05) is 10.2 Å². The Bertz CT molecular complexity index is 788. The molecule has 1 aromatic rings. The van der Waals surface area contributed by atoms with Crippen molar-refractivity contribution in [1.29, 1.82) is 5.26 Å². The average Bonchev–Trinajstić information content (AvgIpc) is 2.58. The van der Waals surface area contributed by atoms with Crippen LogP contribution in [-0.4, -0.2) is 31.9 Å². The van der Waals surface area contributed by atoms with Crippen molar-refractivity contribution in [3.8, 4) is 17.6 Å². The molecule has 2 N–H and O–H groups in total. The summed E-state index contributed by atoms with van der Waals surface area (Å²) >= 11 is 8.69. The van der Waals surface area contributed by atoms with Crippen molar-refractivity contribution in [1.82, 2.24) is 10.6 Å². The molecular weight excluding hydrogens is 410 g/mol. The minimum Gasteiger partial charge on any atom is -0.493 e. The second kappa shape index (κ2) is 8.18. The first kappa shape index (κ1) is 19.0. The van der Waals surface area contributed by atoms with E-state index < -0.39 is 12.0 Å². The Morgan fingerprint density at radius 3 is 2.72 bits per heavy atom. The zero-order valence-corrected chi connectivity index (χ0v) is 16.2. The topological polar surface area (TPSA) is 92.6 Å². The molecule has 0 amide bonds. The summed E-state index contributed by atoms with van der Waals surface area (Å²) in [5.74, 6) is 0.374. The molecule has 0 aromatic heterocycles. The minimum absolute atomic E-state index is 0.107. The number of hydrogen-bond donors (Lipinski definition) is 2. The van der Waals surface area contributed by atoms with E-state index in [1.807, 2.05) is 6.07 Å². The first-order chi connectivity index (χ1) is 11.9. The highest BCUT2D eigenvalue weighted by atomic mass is 79.9. The van der Waals surface area contributed by atoms with Gasteiger partial charge in [0.25, 0.3) is 0 Å². The third-order valence-corrected chi connectivity index (χ3v) is 4.47. The van der Waals surface area contributed by atoms with Crippen LogP contribution in [0.15, 0.2) is 27.9 Å². The number of rotatable bonds is 5. The first-order valence-corrected chi connectivity index (χ1v) is 8.36. The van der Waals surface area contributed by atoms with E-state index in [4.69, 9.17) is 31.7 Å². The smallest absolute Gasteiger partial charge is 0.337 e. The number of nitrogens with zero attached hydrogens (tertiary/aromatic N) is 1. The summed E-state index contributed by atoms with van der Waals surface area (Å²) in [7, 11) is 2.82. The van der Waals surface area contributed by atoms with E-state index in [1.165, 1.54) is 14.2 Å². The maximum absolute atomic E-state index is 12.2. The van der Waals surface area contributed by atoms with Gasteiger partial charge in [-0.3, -0.25) is 0 Å². The Morgan fingerprint density at radius 2 is 2.12 bits per heavy atom. The molecule has 7 nitrogen and oxygen atoms in total. The van der Waals surface area contributed by atoms with Gasteiger partial charge in [-0.1, -0.05) is 15.9 Å². The third-order valence-electron chi connectivity index (χ3n) is 3.56. The lowest BCUT2D eigenvalue weighted by atomic mass is 9.95. The molecule has 0 radical (unpaired) electrons. The number of ether oxygens (including phenoxy) is 3. The maximum atomic E-state index is 12.2. The zero-order chi connectivity index (χ0) is 18.6. The number of nitriles is 1. The van der Waals surface area contributed by atoms with E-state index in [-0.39, 0.29) is 6.61 Å². The number of allylic oxidation sites excluding steroid dienone is 1. The third kappa shape index (κ3) is 4.03. The number of halogens is 1. The molecule has 0 saturated heterocycles. The number of benzene rings is 1. The van der Waals surface area contributed by atoms with Crippen LogP contribution < -0.4 is 20.1 Å². The summed E-state index contributed by atoms with van der Waals surface area (Å²) in [5.41, 5.74) is 1.73. The number of esters is 1. The summed E-state index contributed by atoms with van der Waals surface area (Å²) in [4.78, 5) is 12.2. The summed E-state index contributed by atoms with van der Waals surface area (Å²) in [6.07, 6.45) is 0. The lowest BCUT2D eigenvalue weighted by Gasteiger charge is -2.30. The van der Waals surface area contributed by atoms with Crippen LogP contribution in [0.2, 0.25) is 0 Å². The lowest BCUT2D eigenvalue weighted by molar-refractivity contribution is -0.136. The molecular formula is C16H16BrN3O4S. The molecule has 0 unspecified atom stereocenters. The quantitative estimate of drug-likeness (QED) is 0.548. The summed E-state index contributed by atoms with van der Waals surface area (Å²) < 4.78 is 16.3. The van der Waals surface area contributed by atoms with Crippen LogP contribution in [0, 0.1) is 11.3 Å². The predicted molar refractivity (Wildman–Crippen MR) is 98.1 cm³/mol. The second-order valence-electron chi connectivity index (χ2n) is 5.03. The lowest BCUT2D eigenvalue weighted by Crippen LogP contribution is -2.45. The molecule has 0 bridgehead atoms. The van der Waals surface area contributed by atoms with Crippen LogP contribution >= 0.6 is 28.1 Å². The van der Waals surface area contributed by atoms with Crippen molar-refractivity contribution >= 4 is 39.2 Å². The fourth-order valence-electron chi connectivity index (χ4n) is 2.46. The van der Waals surface area contributed by atoms with Crippen LogP contribution in [0.1, 0.15) is 18.5 Å². The number of thiocarbonyl (C=S) groups is 1. The van der Waals surface area contributed by atoms with E-state index >= 15 is 0 Å². The van der Waals surface area contributed by atoms with E-state index in [9.17, 15) is 4.79 Å². The van der Waals surface area contributed by atoms with E-state index in [0.29, 0.717) is 37.9 Å². The highest BCUT2D eigenvalue weighted by Gasteiger charge is 2.32. The van der Waals surface area contributed by atoms with Gasteiger partial charge in [0.2, 0.25) is 0 Å². The molecule has 1 aromatic carbocycles. The van der Waals surface area contributed by atoms with Crippen molar-refractivity contribution in [3.63, 3.8) is 0 Å². The predicted octanol–water partition coefficient (Wildman–Crippen LogP) is 2.33. The molecule has 0 fully saturated rings. The van der Waals surface area contributed by atoms with Gasteiger partial charge in [-0.2, -0.15) is 5.26 Å². The Balaban J connectivity index is 2.55. The molecule has 1 aliphatic heterocycles. The average molecular weight is 426 g/mol.